The van der Waals surface area contributed by atoms with Gasteiger partial charge in [0.15, 0.2) is 0 Å². The molecule has 0 bridgehead atoms. The summed E-state index contributed by atoms with van der Waals surface area (Å²) in [5.41, 5.74) is 0. The molecule has 0 saturated heterocycles. The second kappa shape index (κ2) is 17.7. The van der Waals surface area contributed by atoms with E-state index in [9.17, 15) is 9.59 Å². The largest absolute Gasteiger partial charge is 0.353 e. The Morgan fingerprint density at radius 3 is 1.62 bits per heavy atom. The summed E-state index contributed by atoms with van der Waals surface area (Å²) >= 11 is 0. The van der Waals surface area contributed by atoms with Crippen LogP contribution < -0.4 is 10.6 Å². The lowest BCUT2D eigenvalue weighted by Crippen LogP contribution is -2.28. The minimum atomic E-state index is -0.0937. The van der Waals surface area contributed by atoms with Crippen LogP contribution in [0.3, 0.4) is 0 Å². The van der Waals surface area contributed by atoms with Crippen molar-refractivity contribution in [2.24, 2.45) is 0 Å². The third-order valence-electron chi connectivity index (χ3n) is 3.30. The molecule has 0 atom stereocenters. The first kappa shape index (κ1) is 24.6. The van der Waals surface area contributed by atoms with E-state index >= 15 is 0 Å². The maximum Gasteiger partial charge on any atom is 0.243 e. The molecule has 0 aromatic heterocycles. The quantitative estimate of drug-likeness (QED) is 0.415. The zero-order valence-electron chi connectivity index (χ0n) is 15.9. The summed E-state index contributed by atoms with van der Waals surface area (Å²) in [5.74, 6) is -0.177. The van der Waals surface area contributed by atoms with Crippen molar-refractivity contribution in [2.45, 2.75) is 26.7 Å². The van der Waals surface area contributed by atoms with Crippen LogP contribution in [0.2, 0.25) is 0 Å². The summed E-state index contributed by atoms with van der Waals surface area (Å²) in [6.45, 7) is 16.7. The minimum absolute atomic E-state index is 0.0838. The summed E-state index contributed by atoms with van der Waals surface area (Å²) in [6, 6.07) is 0. The first-order chi connectivity index (χ1) is 11.4. The molecule has 2 N–H and O–H groups in total. The van der Waals surface area contributed by atoms with Crippen molar-refractivity contribution < 1.29 is 9.59 Å². The van der Waals surface area contributed by atoms with Crippen LogP contribution >= 0.6 is 0 Å². The van der Waals surface area contributed by atoms with Crippen LogP contribution in [0.5, 0.6) is 0 Å². The van der Waals surface area contributed by atoms with Crippen LogP contribution in [0, 0.1) is 0 Å². The second-order valence-electron chi connectivity index (χ2n) is 5.53. The highest BCUT2D eigenvalue weighted by Crippen LogP contribution is 1.89. The van der Waals surface area contributed by atoms with Gasteiger partial charge in [-0.25, -0.2) is 0 Å². The van der Waals surface area contributed by atoms with E-state index in [2.05, 4.69) is 47.4 Å². The number of rotatable bonds is 12. The molecule has 0 aliphatic rings. The Morgan fingerprint density at radius 1 is 0.875 bits per heavy atom. The Balaban J connectivity index is 0. The second-order valence-corrected chi connectivity index (χ2v) is 5.53. The first-order valence-corrected chi connectivity index (χ1v) is 8.58. The monoisotopic (exact) mass is 340 g/mol. The molecule has 6 nitrogen and oxygen atoms in total. The normalized spacial score (nSPS) is 9.92. The van der Waals surface area contributed by atoms with Crippen molar-refractivity contribution in [3.8, 4) is 0 Å². The van der Waals surface area contributed by atoms with Gasteiger partial charge in [-0.3, -0.25) is 9.59 Å². The Kier molecular flexibility index (Phi) is 18.1. The summed E-state index contributed by atoms with van der Waals surface area (Å²) in [5, 5.41) is 5.46. The summed E-state index contributed by atoms with van der Waals surface area (Å²) < 4.78 is 0. The Morgan fingerprint density at radius 2 is 1.29 bits per heavy atom. The Bertz CT molecular complexity index is 353. The van der Waals surface area contributed by atoms with Gasteiger partial charge < -0.3 is 20.4 Å². The zero-order valence-corrected chi connectivity index (χ0v) is 15.9. The highest BCUT2D eigenvalue weighted by molar-refractivity contribution is 5.87. The maximum atomic E-state index is 10.8. The Hall–Kier alpha value is -1.66. The third-order valence-corrected chi connectivity index (χ3v) is 3.30. The molecule has 0 aliphatic carbocycles. The smallest absolute Gasteiger partial charge is 0.243 e. The van der Waals surface area contributed by atoms with Crippen molar-refractivity contribution in [3.05, 3.63) is 25.3 Å². The third kappa shape index (κ3) is 18.4. The van der Waals surface area contributed by atoms with Crippen molar-refractivity contribution in [1.29, 1.82) is 0 Å². The fourth-order valence-electron chi connectivity index (χ4n) is 1.81. The summed E-state index contributed by atoms with van der Waals surface area (Å²) in [7, 11) is 4.02. The van der Waals surface area contributed by atoms with Crippen molar-refractivity contribution in [2.75, 3.05) is 53.4 Å². The molecule has 0 aromatic carbocycles. The summed E-state index contributed by atoms with van der Waals surface area (Å²) in [6.07, 6.45) is 4.57. The van der Waals surface area contributed by atoms with E-state index in [1.54, 1.807) is 0 Å². The van der Waals surface area contributed by atoms with Gasteiger partial charge in [0.2, 0.25) is 11.8 Å². The lowest BCUT2D eigenvalue weighted by molar-refractivity contribution is -0.117. The highest BCUT2D eigenvalue weighted by Gasteiger charge is 1.98. The van der Waals surface area contributed by atoms with Gasteiger partial charge in [0.05, 0.1) is 0 Å². The first-order valence-electron chi connectivity index (χ1n) is 8.58. The number of nitrogens with zero attached hydrogens (tertiary/aromatic N) is 2. The molecule has 0 spiro atoms. The van der Waals surface area contributed by atoms with Crippen LogP contribution in [0.15, 0.2) is 25.3 Å². The lowest BCUT2D eigenvalue weighted by atomic mass is 10.3. The molecule has 24 heavy (non-hydrogen) atoms. The fourth-order valence-corrected chi connectivity index (χ4v) is 1.81. The molecule has 0 aliphatic heterocycles. The van der Waals surface area contributed by atoms with Gasteiger partial charge in [0.1, 0.15) is 0 Å². The van der Waals surface area contributed by atoms with Gasteiger partial charge in [0.25, 0.3) is 0 Å². The van der Waals surface area contributed by atoms with E-state index in [1.165, 1.54) is 12.2 Å². The van der Waals surface area contributed by atoms with Gasteiger partial charge in [0, 0.05) is 13.1 Å². The van der Waals surface area contributed by atoms with Crippen molar-refractivity contribution in [3.63, 3.8) is 0 Å². The predicted octanol–water partition coefficient (Wildman–Crippen LogP) is 1.26. The van der Waals surface area contributed by atoms with Gasteiger partial charge in [-0.1, -0.05) is 27.0 Å². The Labute approximate surface area is 148 Å². The molecule has 0 saturated carbocycles. The molecule has 2 amide bonds. The SMILES string of the molecule is C=CC(=O)NCCCN(C)C.C=CC(=O)NCCCN(CC)CC. The molecule has 0 radical (unpaired) electrons. The minimum Gasteiger partial charge on any atom is -0.353 e. The fraction of sp³-hybridized carbons (Fsp3) is 0.667. The van der Waals surface area contributed by atoms with Crippen LogP contribution in [0.25, 0.3) is 0 Å². The number of carbonyl (C=O) groups is 2. The number of amides is 2. The zero-order chi connectivity index (χ0) is 18.8. The molecule has 0 rings (SSSR count). The van der Waals surface area contributed by atoms with E-state index in [1.807, 2.05) is 14.1 Å². The van der Waals surface area contributed by atoms with Crippen molar-refractivity contribution in [1.82, 2.24) is 20.4 Å². The van der Waals surface area contributed by atoms with E-state index < -0.39 is 0 Å². The van der Waals surface area contributed by atoms with Gasteiger partial charge in [-0.15, -0.1) is 0 Å². The molecular formula is C18H36N4O2. The number of hydrogen-bond donors (Lipinski definition) is 2. The van der Waals surface area contributed by atoms with E-state index in [0.29, 0.717) is 0 Å². The topological polar surface area (TPSA) is 64.7 Å². The van der Waals surface area contributed by atoms with Crippen LogP contribution in [-0.4, -0.2) is 75.0 Å². The van der Waals surface area contributed by atoms with Crippen LogP contribution in [0.4, 0.5) is 0 Å². The van der Waals surface area contributed by atoms with Crippen LogP contribution in [0.1, 0.15) is 26.7 Å². The van der Waals surface area contributed by atoms with E-state index in [4.69, 9.17) is 0 Å². The molecule has 0 fully saturated rings. The number of nitrogens with one attached hydrogen (secondary N) is 2. The van der Waals surface area contributed by atoms with E-state index in [0.717, 1.165) is 52.1 Å². The lowest BCUT2D eigenvalue weighted by Gasteiger charge is -2.17. The molecular weight excluding hydrogens is 304 g/mol. The predicted molar refractivity (Wildman–Crippen MR) is 102 cm³/mol. The highest BCUT2D eigenvalue weighted by atomic mass is 16.2. The van der Waals surface area contributed by atoms with Gasteiger partial charge in [-0.2, -0.15) is 0 Å². The average molecular weight is 341 g/mol. The van der Waals surface area contributed by atoms with Gasteiger partial charge in [-0.05, 0) is 65.3 Å². The number of carbonyl (C=O) groups excluding carboxylic acids is 2. The van der Waals surface area contributed by atoms with Crippen LogP contribution in [-0.2, 0) is 9.59 Å². The molecule has 6 heteroatoms. The molecule has 0 heterocycles. The maximum absolute atomic E-state index is 10.8. The summed E-state index contributed by atoms with van der Waals surface area (Å²) in [4.78, 5) is 25.8. The van der Waals surface area contributed by atoms with Gasteiger partial charge >= 0.3 is 0 Å². The average Bonchev–Trinajstić information content (AvgIpc) is 2.58. The van der Waals surface area contributed by atoms with E-state index in [-0.39, 0.29) is 11.8 Å². The molecule has 0 aromatic rings. The van der Waals surface area contributed by atoms with Crippen molar-refractivity contribution >= 4 is 11.8 Å². The standard InChI is InChI=1S/C10H20N2O.C8H16N2O/c1-4-10(13)11-8-7-9-12(5-2)6-3;1-4-8(11)9-6-5-7-10(2)3/h4H,1,5-9H2,2-3H3,(H,11,13);4H,1,5-7H2,2-3H3,(H,9,11). The molecule has 140 valence electrons. The number of hydrogen-bond acceptors (Lipinski definition) is 4. The molecule has 0 unspecified atom stereocenters.